The molecular formula is C21H25N3O2. The number of hydrogen-bond donors (Lipinski definition) is 1. The molecule has 4 rings (SSSR count). The number of hydrogen-bond acceptors (Lipinski definition) is 4. The minimum Gasteiger partial charge on any atom is -0.492 e. The van der Waals surface area contributed by atoms with Gasteiger partial charge in [-0.2, -0.15) is 0 Å². The fraction of sp³-hybridized carbons (Fsp3) is 0.381. The Bertz CT molecular complexity index is 833. The van der Waals surface area contributed by atoms with Crippen LogP contribution in [0.5, 0.6) is 5.75 Å². The zero-order valence-electron chi connectivity index (χ0n) is 15.3. The third-order valence-electron chi connectivity index (χ3n) is 4.67. The molecule has 1 aliphatic rings. The molecule has 2 atom stereocenters. The van der Waals surface area contributed by atoms with E-state index in [1.54, 1.807) is 0 Å². The van der Waals surface area contributed by atoms with E-state index in [4.69, 9.17) is 9.47 Å². The van der Waals surface area contributed by atoms with Crippen molar-refractivity contribution in [2.75, 3.05) is 26.2 Å². The molecule has 1 aromatic heterocycles. The van der Waals surface area contributed by atoms with Crippen LogP contribution in [0, 0.1) is 0 Å². The number of nitrogens with one attached hydrogen (secondary N) is 1. The molecule has 136 valence electrons. The second-order valence-electron chi connectivity index (χ2n) is 7.00. The number of imidazole rings is 1. The molecule has 1 saturated heterocycles. The van der Waals surface area contributed by atoms with Crippen molar-refractivity contribution < 1.29 is 9.47 Å². The van der Waals surface area contributed by atoms with E-state index in [0.29, 0.717) is 6.61 Å². The Morgan fingerprint density at radius 1 is 1.12 bits per heavy atom. The van der Waals surface area contributed by atoms with E-state index in [9.17, 15) is 0 Å². The maximum atomic E-state index is 5.99. The van der Waals surface area contributed by atoms with Gasteiger partial charge in [0.25, 0.3) is 0 Å². The molecule has 0 radical (unpaired) electrons. The molecule has 2 aromatic carbocycles. The third kappa shape index (κ3) is 3.89. The molecule has 5 nitrogen and oxygen atoms in total. The Hall–Kier alpha value is -2.37. The molecule has 1 aliphatic heterocycles. The van der Waals surface area contributed by atoms with Crippen molar-refractivity contribution >= 4 is 11.0 Å². The molecule has 0 aliphatic carbocycles. The average molecular weight is 351 g/mol. The highest BCUT2D eigenvalue weighted by Crippen LogP contribution is 2.24. The van der Waals surface area contributed by atoms with Gasteiger partial charge in [-0.05, 0) is 38.1 Å². The molecule has 3 aromatic rings. The number of morpholine rings is 1. The minimum atomic E-state index is 0.287. The molecule has 5 heteroatoms. The number of ether oxygens (including phenoxy) is 2. The number of rotatable bonds is 5. The summed E-state index contributed by atoms with van der Waals surface area (Å²) in [5.41, 5.74) is 3.06. The van der Waals surface area contributed by atoms with E-state index in [2.05, 4.69) is 34.8 Å². The van der Waals surface area contributed by atoms with Gasteiger partial charge in [0.15, 0.2) is 0 Å². The molecule has 1 N–H and O–H groups in total. The van der Waals surface area contributed by atoms with Crippen molar-refractivity contribution in [3.8, 4) is 17.1 Å². The standard InChI is InChI=1S/C21H25N3O2/c1-15-13-24(14-16(2)26-15)10-11-25-18-7-5-6-17(12-18)21-22-19-8-3-4-9-20(19)23-21/h3-9,12,15-16H,10-11,13-14H2,1-2H3,(H,22,23). The summed E-state index contributed by atoms with van der Waals surface area (Å²) in [5.74, 6) is 1.74. The van der Waals surface area contributed by atoms with Crippen LogP contribution in [0.3, 0.4) is 0 Å². The first-order valence-corrected chi connectivity index (χ1v) is 9.23. The highest BCUT2D eigenvalue weighted by Gasteiger charge is 2.21. The summed E-state index contributed by atoms with van der Waals surface area (Å²) in [6.45, 7) is 7.76. The van der Waals surface area contributed by atoms with Crippen LogP contribution >= 0.6 is 0 Å². The summed E-state index contributed by atoms with van der Waals surface area (Å²) in [4.78, 5) is 10.4. The first-order valence-electron chi connectivity index (χ1n) is 9.23. The Kier molecular flexibility index (Phi) is 4.91. The van der Waals surface area contributed by atoms with E-state index in [-0.39, 0.29) is 12.2 Å². The van der Waals surface area contributed by atoms with E-state index in [0.717, 1.165) is 47.8 Å². The Balaban J connectivity index is 1.40. The maximum absolute atomic E-state index is 5.99. The number of nitrogens with zero attached hydrogens (tertiary/aromatic N) is 2. The van der Waals surface area contributed by atoms with Crippen LogP contribution in [0.2, 0.25) is 0 Å². The maximum Gasteiger partial charge on any atom is 0.138 e. The van der Waals surface area contributed by atoms with E-state index < -0.39 is 0 Å². The van der Waals surface area contributed by atoms with Gasteiger partial charge in [-0.3, -0.25) is 4.90 Å². The van der Waals surface area contributed by atoms with E-state index in [1.807, 2.05) is 42.5 Å². The lowest BCUT2D eigenvalue weighted by molar-refractivity contribution is -0.0699. The zero-order valence-corrected chi connectivity index (χ0v) is 15.3. The Morgan fingerprint density at radius 3 is 2.73 bits per heavy atom. The molecule has 1 fully saturated rings. The SMILES string of the molecule is CC1CN(CCOc2cccc(-c3nc4ccccc4[nH]3)c2)CC(C)O1. The van der Waals surface area contributed by atoms with Crippen molar-refractivity contribution in [2.24, 2.45) is 0 Å². The third-order valence-corrected chi connectivity index (χ3v) is 4.67. The van der Waals surface area contributed by atoms with Gasteiger partial charge in [-0.15, -0.1) is 0 Å². The zero-order chi connectivity index (χ0) is 17.9. The van der Waals surface area contributed by atoms with Crippen LogP contribution in [0.25, 0.3) is 22.4 Å². The van der Waals surface area contributed by atoms with Gasteiger partial charge in [0.1, 0.15) is 18.2 Å². The van der Waals surface area contributed by atoms with Gasteiger partial charge in [-0.1, -0.05) is 24.3 Å². The van der Waals surface area contributed by atoms with Crippen LogP contribution in [-0.2, 0) is 4.74 Å². The number of para-hydroxylation sites is 2. The highest BCUT2D eigenvalue weighted by molar-refractivity contribution is 5.79. The molecule has 0 bridgehead atoms. The van der Waals surface area contributed by atoms with Gasteiger partial charge >= 0.3 is 0 Å². The summed E-state index contributed by atoms with van der Waals surface area (Å²) in [7, 11) is 0. The van der Waals surface area contributed by atoms with Crippen molar-refractivity contribution in [1.29, 1.82) is 0 Å². The quantitative estimate of drug-likeness (QED) is 0.761. The lowest BCUT2D eigenvalue weighted by atomic mass is 10.2. The fourth-order valence-corrected chi connectivity index (χ4v) is 3.58. The van der Waals surface area contributed by atoms with Crippen LogP contribution in [0.1, 0.15) is 13.8 Å². The van der Waals surface area contributed by atoms with Gasteiger partial charge < -0.3 is 14.5 Å². The van der Waals surface area contributed by atoms with Crippen molar-refractivity contribution in [3.63, 3.8) is 0 Å². The number of aromatic nitrogens is 2. The van der Waals surface area contributed by atoms with Gasteiger partial charge in [-0.25, -0.2) is 4.98 Å². The molecular weight excluding hydrogens is 326 g/mol. The lowest BCUT2D eigenvalue weighted by Crippen LogP contribution is -2.46. The minimum absolute atomic E-state index is 0.287. The molecule has 2 unspecified atom stereocenters. The topological polar surface area (TPSA) is 50.4 Å². The molecule has 0 amide bonds. The molecule has 0 spiro atoms. The Labute approximate surface area is 153 Å². The second-order valence-corrected chi connectivity index (χ2v) is 7.00. The molecule has 2 heterocycles. The summed E-state index contributed by atoms with van der Waals surface area (Å²) in [6, 6.07) is 16.2. The largest absolute Gasteiger partial charge is 0.492 e. The van der Waals surface area contributed by atoms with Crippen LogP contribution in [-0.4, -0.2) is 53.3 Å². The number of benzene rings is 2. The van der Waals surface area contributed by atoms with Gasteiger partial charge in [0, 0.05) is 25.2 Å². The smallest absolute Gasteiger partial charge is 0.138 e. The van der Waals surface area contributed by atoms with E-state index >= 15 is 0 Å². The molecule has 0 saturated carbocycles. The molecule has 26 heavy (non-hydrogen) atoms. The number of H-pyrrole nitrogens is 1. The van der Waals surface area contributed by atoms with Crippen LogP contribution < -0.4 is 4.74 Å². The van der Waals surface area contributed by atoms with Gasteiger partial charge in [0.2, 0.25) is 0 Å². The highest BCUT2D eigenvalue weighted by atomic mass is 16.5. The van der Waals surface area contributed by atoms with Crippen molar-refractivity contribution in [3.05, 3.63) is 48.5 Å². The van der Waals surface area contributed by atoms with Crippen molar-refractivity contribution in [1.82, 2.24) is 14.9 Å². The van der Waals surface area contributed by atoms with Crippen LogP contribution in [0.4, 0.5) is 0 Å². The summed E-state index contributed by atoms with van der Waals surface area (Å²) < 4.78 is 11.8. The predicted molar refractivity (Wildman–Crippen MR) is 103 cm³/mol. The van der Waals surface area contributed by atoms with E-state index in [1.165, 1.54) is 0 Å². The predicted octanol–water partition coefficient (Wildman–Crippen LogP) is 3.72. The first-order chi connectivity index (χ1) is 12.7. The second kappa shape index (κ2) is 7.48. The first kappa shape index (κ1) is 17.1. The summed E-state index contributed by atoms with van der Waals surface area (Å²) in [5, 5.41) is 0. The van der Waals surface area contributed by atoms with Gasteiger partial charge in [0.05, 0.1) is 23.2 Å². The normalized spacial score (nSPS) is 21.2. The van der Waals surface area contributed by atoms with Crippen molar-refractivity contribution in [2.45, 2.75) is 26.1 Å². The monoisotopic (exact) mass is 351 g/mol. The van der Waals surface area contributed by atoms with Crippen LogP contribution in [0.15, 0.2) is 48.5 Å². The fourth-order valence-electron chi connectivity index (χ4n) is 3.58. The average Bonchev–Trinajstić information content (AvgIpc) is 3.05. The number of aromatic amines is 1. The number of fused-ring (bicyclic) bond motifs is 1. The lowest BCUT2D eigenvalue weighted by Gasteiger charge is -2.35. The Morgan fingerprint density at radius 2 is 1.92 bits per heavy atom. The summed E-state index contributed by atoms with van der Waals surface area (Å²) >= 11 is 0. The summed E-state index contributed by atoms with van der Waals surface area (Å²) in [6.07, 6.45) is 0.574.